The van der Waals surface area contributed by atoms with Gasteiger partial charge in [0.2, 0.25) is 0 Å². The van der Waals surface area contributed by atoms with Gasteiger partial charge in [-0.2, -0.15) is 0 Å². The fraction of sp³-hybridized carbons (Fsp3) is 0.235. The van der Waals surface area contributed by atoms with Crippen molar-refractivity contribution in [2.45, 2.75) is 25.7 Å². The summed E-state index contributed by atoms with van der Waals surface area (Å²) in [6.45, 7) is 4.74. The van der Waals surface area contributed by atoms with Crippen LogP contribution < -0.4 is 0 Å². The summed E-state index contributed by atoms with van der Waals surface area (Å²) in [4.78, 5) is 23.1. The van der Waals surface area contributed by atoms with E-state index in [1.165, 1.54) is 37.3 Å². The number of nitro benzene ring substituents is 1. The lowest BCUT2D eigenvalue weighted by atomic mass is 10.1. The molecule has 7 nitrogen and oxygen atoms in total. The molecule has 9 heteroatoms. The maximum Gasteiger partial charge on any atom is 0.272 e. The van der Waals surface area contributed by atoms with Gasteiger partial charge in [-0.3, -0.25) is 14.9 Å². The second-order valence-corrected chi connectivity index (χ2v) is 8.36. The number of carbonyl (C=O) groups is 1. The Morgan fingerprint density at radius 3 is 2.31 bits per heavy atom. The molecule has 0 aromatic heterocycles. The lowest BCUT2D eigenvalue weighted by Crippen LogP contribution is -2.36. The molecule has 0 heterocycles. The van der Waals surface area contributed by atoms with Crippen molar-refractivity contribution in [3.63, 3.8) is 0 Å². The van der Waals surface area contributed by atoms with E-state index in [1.54, 1.807) is 19.9 Å². The Hall–Kier alpha value is -2.26. The van der Waals surface area contributed by atoms with E-state index in [0.29, 0.717) is 0 Å². The van der Waals surface area contributed by atoms with Crippen molar-refractivity contribution in [3.05, 3.63) is 67.7 Å². The predicted molar refractivity (Wildman–Crippen MR) is 101 cm³/mol. The van der Waals surface area contributed by atoms with E-state index in [2.05, 4.69) is 15.9 Å². The van der Waals surface area contributed by atoms with Gasteiger partial charge in [-0.05, 0) is 56.7 Å². The molecular weight excluding hydrogens is 424 g/mol. The molecule has 0 unspecified atom stereocenters. The molecule has 0 aliphatic carbocycles. The Bertz CT molecular complexity index is 989. The van der Waals surface area contributed by atoms with Crippen LogP contribution in [0.4, 0.5) is 5.69 Å². The van der Waals surface area contributed by atoms with Gasteiger partial charge in [0.15, 0.2) is 0 Å². The fourth-order valence-corrected chi connectivity index (χ4v) is 4.20. The zero-order chi connectivity index (χ0) is 19.6. The molecule has 0 saturated carbocycles. The molecule has 2 aromatic carbocycles. The molecule has 0 N–H and O–H groups in total. The largest absolute Gasteiger partial charge is 0.272 e. The summed E-state index contributed by atoms with van der Waals surface area (Å²) in [7, 11) is -4.05. The summed E-state index contributed by atoms with van der Waals surface area (Å²) in [5.74, 6) is -0.730. The highest BCUT2D eigenvalue weighted by Gasteiger charge is 2.29. The first-order valence-electron chi connectivity index (χ1n) is 7.67. The molecular formula is C17H17BrN2O5S. The summed E-state index contributed by atoms with van der Waals surface area (Å²) in [6.07, 6.45) is 0. The van der Waals surface area contributed by atoms with Crippen molar-refractivity contribution in [2.75, 3.05) is 6.54 Å². The minimum Gasteiger partial charge on any atom is -0.268 e. The number of hydrogen-bond donors (Lipinski definition) is 0. The number of halogens is 1. The number of nitrogens with zero attached hydrogens (tertiary/aromatic N) is 2. The Morgan fingerprint density at radius 1 is 1.15 bits per heavy atom. The van der Waals surface area contributed by atoms with Crippen molar-refractivity contribution in [2.24, 2.45) is 0 Å². The van der Waals surface area contributed by atoms with Crippen LogP contribution in [0.5, 0.6) is 0 Å². The number of rotatable bonds is 5. The van der Waals surface area contributed by atoms with E-state index in [0.717, 1.165) is 14.3 Å². The van der Waals surface area contributed by atoms with Crippen LogP contribution in [0.3, 0.4) is 0 Å². The molecule has 2 rings (SSSR count). The molecule has 0 spiro atoms. The molecule has 0 saturated heterocycles. The van der Waals surface area contributed by atoms with Gasteiger partial charge in [-0.1, -0.05) is 15.9 Å². The Balaban J connectivity index is 2.46. The standard InChI is InChI=1S/C17H17BrN2O5S/c1-4-19(26(24,25)14-6-7-15(18)11(2)10-14)17(21)13-5-8-16(20(22)23)12(3)9-13/h5-10H,4H2,1-3H3. The highest BCUT2D eigenvalue weighted by atomic mass is 79.9. The first-order chi connectivity index (χ1) is 12.1. The number of sulfonamides is 1. The Morgan fingerprint density at radius 2 is 1.81 bits per heavy atom. The minimum absolute atomic E-state index is 0.00651. The van der Waals surface area contributed by atoms with Crippen LogP contribution in [0.25, 0.3) is 0 Å². The lowest BCUT2D eigenvalue weighted by molar-refractivity contribution is -0.385. The normalized spacial score (nSPS) is 11.2. The number of hydrogen-bond acceptors (Lipinski definition) is 5. The number of benzene rings is 2. The van der Waals surface area contributed by atoms with Crippen LogP contribution in [0.15, 0.2) is 45.8 Å². The highest BCUT2D eigenvalue weighted by molar-refractivity contribution is 9.10. The van der Waals surface area contributed by atoms with Gasteiger partial charge < -0.3 is 0 Å². The van der Waals surface area contributed by atoms with Crippen LogP contribution in [0.2, 0.25) is 0 Å². The van der Waals surface area contributed by atoms with Crippen molar-refractivity contribution in [1.82, 2.24) is 4.31 Å². The summed E-state index contributed by atoms with van der Waals surface area (Å²) >= 11 is 3.31. The SMILES string of the molecule is CCN(C(=O)c1ccc([N+](=O)[O-])c(C)c1)S(=O)(=O)c1ccc(Br)c(C)c1. The van der Waals surface area contributed by atoms with Crippen LogP contribution in [0.1, 0.15) is 28.4 Å². The van der Waals surface area contributed by atoms with Gasteiger partial charge in [0.1, 0.15) is 0 Å². The topological polar surface area (TPSA) is 97.6 Å². The van der Waals surface area contributed by atoms with E-state index < -0.39 is 20.9 Å². The fourth-order valence-electron chi connectivity index (χ4n) is 2.46. The first-order valence-corrected chi connectivity index (χ1v) is 9.91. The van der Waals surface area contributed by atoms with E-state index in [1.807, 2.05) is 0 Å². The molecule has 26 heavy (non-hydrogen) atoms. The van der Waals surface area contributed by atoms with Crippen molar-refractivity contribution >= 4 is 37.5 Å². The van der Waals surface area contributed by atoms with Crippen molar-refractivity contribution < 1.29 is 18.1 Å². The van der Waals surface area contributed by atoms with Gasteiger partial charge in [0.05, 0.1) is 9.82 Å². The van der Waals surface area contributed by atoms with Crippen LogP contribution in [0, 0.1) is 24.0 Å². The van der Waals surface area contributed by atoms with Gasteiger partial charge in [0.25, 0.3) is 21.6 Å². The maximum absolute atomic E-state index is 12.9. The monoisotopic (exact) mass is 440 g/mol. The predicted octanol–water partition coefficient (Wildman–Crippen LogP) is 3.83. The average Bonchev–Trinajstić information content (AvgIpc) is 2.57. The van der Waals surface area contributed by atoms with Crippen molar-refractivity contribution in [1.29, 1.82) is 0 Å². The smallest absolute Gasteiger partial charge is 0.268 e. The van der Waals surface area contributed by atoms with Gasteiger partial charge >= 0.3 is 0 Å². The highest BCUT2D eigenvalue weighted by Crippen LogP contribution is 2.25. The van der Waals surface area contributed by atoms with Crippen LogP contribution >= 0.6 is 15.9 Å². The molecule has 1 amide bonds. The van der Waals surface area contributed by atoms with Crippen LogP contribution in [-0.4, -0.2) is 30.1 Å². The molecule has 0 aliphatic rings. The second kappa shape index (κ2) is 7.55. The first kappa shape index (κ1) is 20.1. The number of amides is 1. The Labute approximate surface area is 160 Å². The summed E-state index contributed by atoms with van der Waals surface area (Å²) in [5, 5.41) is 10.9. The third-order valence-electron chi connectivity index (χ3n) is 3.87. The summed E-state index contributed by atoms with van der Waals surface area (Å²) in [6, 6.07) is 8.30. The maximum atomic E-state index is 12.9. The molecule has 0 fully saturated rings. The van der Waals surface area contributed by atoms with Gasteiger partial charge in [-0.25, -0.2) is 12.7 Å². The molecule has 138 valence electrons. The van der Waals surface area contributed by atoms with Gasteiger partial charge in [0, 0.05) is 28.2 Å². The molecule has 0 atom stereocenters. The second-order valence-electron chi connectivity index (χ2n) is 5.64. The average molecular weight is 441 g/mol. The Kier molecular flexibility index (Phi) is 5.82. The van der Waals surface area contributed by atoms with Gasteiger partial charge in [-0.15, -0.1) is 0 Å². The summed E-state index contributed by atoms with van der Waals surface area (Å²) in [5.41, 5.74) is 0.956. The third-order valence-corrected chi connectivity index (χ3v) is 6.62. The number of nitro groups is 1. The third kappa shape index (κ3) is 3.78. The van der Waals surface area contributed by atoms with E-state index in [-0.39, 0.29) is 28.3 Å². The zero-order valence-electron chi connectivity index (χ0n) is 14.4. The molecule has 0 radical (unpaired) electrons. The quantitative estimate of drug-likeness (QED) is 0.519. The summed E-state index contributed by atoms with van der Waals surface area (Å²) < 4.78 is 27.3. The molecule has 0 bridgehead atoms. The number of aryl methyl sites for hydroxylation is 2. The van der Waals surface area contributed by atoms with E-state index >= 15 is 0 Å². The van der Waals surface area contributed by atoms with Crippen molar-refractivity contribution in [3.8, 4) is 0 Å². The zero-order valence-corrected chi connectivity index (χ0v) is 16.8. The minimum atomic E-state index is -4.05. The molecule has 0 aliphatic heterocycles. The van der Waals surface area contributed by atoms with Crippen LogP contribution in [-0.2, 0) is 10.0 Å². The van der Waals surface area contributed by atoms with E-state index in [9.17, 15) is 23.3 Å². The number of carbonyl (C=O) groups excluding carboxylic acids is 1. The molecule has 2 aromatic rings. The lowest BCUT2D eigenvalue weighted by Gasteiger charge is -2.21. The van der Waals surface area contributed by atoms with E-state index in [4.69, 9.17) is 0 Å².